The summed E-state index contributed by atoms with van der Waals surface area (Å²) in [5.74, 6) is -1.43. The third kappa shape index (κ3) is 4.97. The second-order valence-corrected chi connectivity index (χ2v) is 8.92. The molecule has 2 rings (SSSR count). The number of ether oxygens (including phenoxy) is 2. The zero-order valence-corrected chi connectivity index (χ0v) is 18.3. The Hall–Kier alpha value is -2.92. The van der Waals surface area contributed by atoms with Crippen LogP contribution >= 0.6 is 0 Å². The number of aryl methyl sites for hydroxylation is 1. The molecule has 11 heteroatoms. The minimum atomic E-state index is -3.74. The number of nitrogens with one attached hydrogen (secondary N) is 2. The number of esters is 2. The Kier molecular flexibility index (Phi) is 7.21. The van der Waals surface area contributed by atoms with E-state index < -0.39 is 40.6 Å². The second-order valence-electron chi connectivity index (χ2n) is 6.77. The molecule has 0 aromatic heterocycles. The minimum Gasteiger partial charge on any atom is -0.463 e. The molecular formula is C19H25N3O7S. The lowest BCUT2D eigenvalue weighted by Gasteiger charge is -2.26. The van der Waals surface area contributed by atoms with Gasteiger partial charge in [-0.3, -0.25) is 0 Å². The van der Waals surface area contributed by atoms with E-state index in [1.54, 1.807) is 20.8 Å². The van der Waals surface area contributed by atoms with Crippen LogP contribution in [0.4, 0.5) is 4.79 Å². The highest BCUT2D eigenvalue weighted by Crippen LogP contribution is 2.20. The van der Waals surface area contributed by atoms with Crippen molar-refractivity contribution in [3.63, 3.8) is 0 Å². The van der Waals surface area contributed by atoms with Crippen molar-refractivity contribution in [2.75, 3.05) is 27.3 Å². The van der Waals surface area contributed by atoms with Gasteiger partial charge in [-0.25, -0.2) is 27.1 Å². The molecule has 2 N–H and O–H groups in total. The van der Waals surface area contributed by atoms with E-state index in [-0.39, 0.29) is 28.3 Å². The number of hydrogen-bond acceptors (Lipinski definition) is 7. The Labute approximate surface area is 175 Å². The van der Waals surface area contributed by atoms with Gasteiger partial charge in [0.1, 0.15) is 6.61 Å². The second kappa shape index (κ2) is 9.26. The lowest BCUT2D eigenvalue weighted by Crippen LogP contribution is -2.50. The number of benzene rings is 1. The average molecular weight is 439 g/mol. The van der Waals surface area contributed by atoms with E-state index >= 15 is 0 Å². The number of sulfonamides is 1. The van der Waals surface area contributed by atoms with Gasteiger partial charge >= 0.3 is 18.0 Å². The van der Waals surface area contributed by atoms with E-state index in [9.17, 15) is 22.8 Å². The van der Waals surface area contributed by atoms with E-state index in [1.807, 2.05) is 0 Å². The first kappa shape index (κ1) is 23.4. The van der Waals surface area contributed by atoms with Crippen LogP contribution in [0.15, 0.2) is 34.4 Å². The highest BCUT2D eigenvalue weighted by atomic mass is 32.2. The zero-order valence-electron chi connectivity index (χ0n) is 17.4. The minimum absolute atomic E-state index is 0.0553. The summed E-state index contributed by atoms with van der Waals surface area (Å²) in [6, 6.07) is 2.96. The van der Waals surface area contributed by atoms with Crippen LogP contribution in [0.25, 0.3) is 0 Å². The quantitative estimate of drug-likeness (QED) is 0.604. The monoisotopic (exact) mass is 439 g/mol. The van der Waals surface area contributed by atoms with E-state index in [1.165, 1.54) is 32.3 Å². The third-order valence-electron chi connectivity index (χ3n) is 4.42. The van der Waals surface area contributed by atoms with Gasteiger partial charge in [-0.15, -0.1) is 0 Å². The summed E-state index contributed by atoms with van der Waals surface area (Å²) in [6.45, 7) is 4.64. The molecule has 0 bridgehead atoms. The van der Waals surface area contributed by atoms with Gasteiger partial charge in [0.15, 0.2) is 0 Å². The number of nitrogens with zero attached hydrogens (tertiary/aromatic N) is 1. The molecule has 0 aliphatic carbocycles. The summed E-state index contributed by atoms with van der Waals surface area (Å²) in [5.41, 5.74) is 0.821. The van der Waals surface area contributed by atoms with Crippen molar-refractivity contribution in [1.82, 2.24) is 14.9 Å². The number of hydrogen-bond donors (Lipinski definition) is 2. The first-order valence-corrected chi connectivity index (χ1v) is 10.6. The fourth-order valence-electron chi connectivity index (χ4n) is 2.80. The molecule has 10 nitrogen and oxygen atoms in total. The van der Waals surface area contributed by atoms with Crippen LogP contribution in [-0.2, 0) is 24.3 Å². The fraction of sp³-hybridized carbons (Fsp3) is 0.421. The van der Waals surface area contributed by atoms with Crippen molar-refractivity contribution in [3.8, 4) is 0 Å². The predicted octanol–water partition coefficient (Wildman–Crippen LogP) is 0.921. The highest BCUT2D eigenvalue weighted by Gasteiger charge is 2.30. The number of rotatable bonds is 7. The molecule has 0 radical (unpaired) electrons. The fourth-order valence-corrected chi connectivity index (χ4v) is 3.73. The molecule has 0 spiro atoms. The lowest BCUT2D eigenvalue weighted by molar-refractivity contribution is -0.139. The van der Waals surface area contributed by atoms with Gasteiger partial charge in [0.25, 0.3) is 0 Å². The number of amides is 2. The van der Waals surface area contributed by atoms with Gasteiger partial charge < -0.3 is 20.1 Å². The van der Waals surface area contributed by atoms with Gasteiger partial charge in [-0.2, -0.15) is 0 Å². The van der Waals surface area contributed by atoms with Gasteiger partial charge in [-0.05, 0) is 38.5 Å². The molecule has 0 fully saturated rings. The largest absolute Gasteiger partial charge is 0.463 e. The van der Waals surface area contributed by atoms with Crippen molar-refractivity contribution in [1.29, 1.82) is 0 Å². The van der Waals surface area contributed by atoms with E-state index in [0.717, 1.165) is 4.31 Å². The molecule has 1 atom stereocenters. The number of carbonyl (C=O) groups is 3. The van der Waals surface area contributed by atoms with Crippen molar-refractivity contribution >= 4 is 28.0 Å². The maximum Gasteiger partial charge on any atom is 0.338 e. The van der Waals surface area contributed by atoms with Crippen molar-refractivity contribution in [3.05, 3.63) is 40.6 Å². The first-order valence-electron chi connectivity index (χ1n) is 9.17. The summed E-state index contributed by atoms with van der Waals surface area (Å²) in [7, 11) is -0.963. The van der Waals surface area contributed by atoms with Gasteiger partial charge in [0, 0.05) is 14.1 Å². The molecule has 2 amide bonds. The van der Waals surface area contributed by atoms with Crippen LogP contribution in [0.1, 0.15) is 29.8 Å². The zero-order chi connectivity index (χ0) is 22.6. The van der Waals surface area contributed by atoms with E-state index in [4.69, 9.17) is 9.47 Å². The van der Waals surface area contributed by atoms with Gasteiger partial charge in [-0.1, -0.05) is 6.07 Å². The molecule has 0 saturated heterocycles. The van der Waals surface area contributed by atoms with E-state index in [2.05, 4.69) is 10.6 Å². The standard InChI is InChI=1S/C19H25N3O7S/c1-6-28-18(24)16-12(3)20-19(25)21-15(16)10-29-17(23)14-9-13(8-7-11(14)2)30(26,27)22(4)5/h7-9,12H,6,10H2,1-5H3,(H2,20,21,25). The summed E-state index contributed by atoms with van der Waals surface area (Å²) in [4.78, 5) is 36.6. The van der Waals surface area contributed by atoms with Crippen LogP contribution in [0.5, 0.6) is 0 Å². The highest BCUT2D eigenvalue weighted by molar-refractivity contribution is 7.89. The molecule has 1 aromatic rings. The number of urea groups is 1. The normalized spacial score (nSPS) is 16.7. The van der Waals surface area contributed by atoms with Gasteiger partial charge in [0.05, 0.1) is 34.4 Å². The molecule has 1 aromatic carbocycles. The molecular weight excluding hydrogens is 414 g/mol. The predicted molar refractivity (Wildman–Crippen MR) is 107 cm³/mol. The van der Waals surface area contributed by atoms with E-state index in [0.29, 0.717) is 5.56 Å². The van der Waals surface area contributed by atoms with Crippen molar-refractivity contribution < 1.29 is 32.3 Å². The van der Waals surface area contributed by atoms with Crippen LogP contribution in [-0.4, -0.2) is 64.0 Å². The molecule has 1 heterocycles. The molecule has 1 aliphatic rings. The molecule has 1 unspecified atom stereocenters. The average Bonchev–Trinajstić information content (AvgIpc) is 2.65. The Morgan fingerprint density at radius 1 is 1.17 bits per heavy atom. The summed E-state index contributed by atoms with van der Waals surface area (Å²) >= 11 is 0. The third-order valence-corrected chi connectivity index (χ3v) is 6.23. The van der Waals surface area contributed by atoms with Crippen LogP contribution < -0.4 is 10.6 Å². The SMILES string of the molecule is CCOC(=O)C1=C(COC(=O)c2cc(S(=O)(=O)N(C)C)ccc2C)NC(=O)NC1C. The number of carbonyl (C=O) groups excluding carboxylic acids is 3. The maximum atomic E-state index is 12.6. The van der Waals surface area contributed by atoms with Crippen molar-refractivity contribution in [2.24, 2.45) is 0 Å². The van der Waals surface area contributed by atoms with Gasteiger partial charge in [0.2, 0.25) is 10.0 Å². The first-order chi connectivity index (χ1) is 14.0. The Balaban J connectivity index is 2.30. The molecule has 0 saturated carbocycles. The van der Waals surface area contributed by atoms with Crippen LogP contribution in [0.3, 0.4) is 0 Å². The maximum absolute atomic E-state index is 12.6. The Morgan fingerprint density at radius 3 is 2.43 bits per heavy atom. The Morgan fingerprint density at radius 2 is 1.83 bits per heavy atom. The van der Waals surface area contributed by atoms with Crippen molar-refractivity contribution in [2.45, 2.75) is 31.7 Å². The molecule has 164 valence electrons. The summed E-state index contributed by atoms with van der Waals surface area (Å²) < 4.78 is 36.0. The van der Waals surface area contributed by atoms with Crippen LogP contribution in [0.2, 0.25) is 0 Å². The topological polar surface area (TPSA) is 131 Å². The summed E-state index contributed by atoms with van der Waals surface area (Å²) in [6.07, 6.45) is 0. The Bertz CT molecular complexity index is 999. The van der Waals surface area contributed by atoms with Crippen LogP contribution in [0, 0.1) is 6.92 Å². The lowest BCUT2D eigenvalue weighted by atomic mass is 10.0. The smallest absolute Gasteiger partial charge is 0.338 e. The molecule has 1 aliphatic heterocycles. The summed E-state index contributed by atoms with van der Waals surface area (Å²) in [5, 5.41) is 5.00. The molecule has 30 heavy (non-hydrogen) atoms.